The predicted octanol–water partition coefficient (Wildman–Crippen LogP) is 3.03. The number of aromatic carboxylic acids is 1. The number of carbonyl (C=O) groups is 3. The summed E-state index contributed by atoms with van der Waals surface area (Å²) >= 11 is 0. The number of carbonyl (C=O) groups excluding carboxylic acids is 2. The van der Waals surface area contributed by atoms with Crippen molar-refractivity contribution in [3.05, 3.63) is 65.2 Å². The van der Waals surface area contributed by atoms with Crippen LogP contribution in [0.3, 0.4) is 0 Å². The molecule has 1 aliphatic rings. The third-order valence-electron chi connectivity index (χ3n) is 4.44. The highest BCUT2D eigenvalue weighted by molar-refractivity contribution is 5.91. The van der Waals surface area contributed by atoms with E-state index in [-0.39, 0.29) is 23.3 Å². The van der Waals surface area contributed by atoms with Gasteiger partial charge in [-0.05, 0) is 55.7 Å². The van der Waals surface area contributed by atoms with Crippen LogP contribution in [0.15, 0.2) is 48.5 Å². The largest absolute Gasteiger partial charge is 0.478 e. The quantitative estimate of drug-likeness (QED) is 0.500. The number of hydrogen-bond acceptors (Lipinski definition) is 3. The Hall–Kier alpha value is -3.59. The number of carboxylic acid groups (broad SMARTS) is 1. The number of anilines is 1. The summed E-state index contributed by atoms with van der Waals surface area (Å²) in [4.78, 5) is 34.6. The van der Waals surface area contributed by atoms with Gasteiger partial charge in [-0.1, -0.05) is 24.0 Å². The van der Waals surface area contributed by atoms with Gasteiger partial charge in [0.05, 0.1) is 5.56 Å². The van der Waals surface area contributed by atoms with Crippen molar-refractivity contribution in [2.75, 3.05) is 11.9 Å². The third kappa shape index (κ3) is 6.51. The van der Waals surface area contributed by atoms with Crippen molar-refractivity contribution in [2.24, 2.45) is 5.92 Å². The highest BCUT2D eigenvalue weighted by Gasteiger charge is 2.28. The molecule has 29 heavy (non-hydrogen) atoms. The first-order valence-corrected chi connectivity index (χ1v) is 9.54. The van der Waals surface area contributed by atoms with Gasteiger partial charge in [0, 0.05) is 35.7 Å². The van der Waals surface area contributed by atoms with Gasteiger partial charge in [-0.25, -0.2) is 4.79 Å². The first kappa shape index (κ1) is 20.2. The Morgan fingerprint density at radius 1 is 1.00 bits per heavy atom. The lowest BCUT2D eigenvalue weighted by atomic mass is 10.1. The number of hydrogen-bond donors (Lipinski definition) is 3. The average Bonchev–Trinajstić information content (AvgIpc) is 3.55. The maximum atomic E-state index is 12.1. The van der Waals surface area contributed by atoms with Gasteiger partial charge in [0.1, 0.15) is 0 Å². The van der Waals surface area contributed by atoms with Crippen LogP contribution < -0.4 is 10.6 Å². The Morgan fingerprint density at radius 2 is 1.69 bits per heavy atom. The topological polar surface area (TPSA) is 95.5 Å². The molecule has 0 bridgehead atoms. The van der Waals surface area contributed by atoms with Crippen molar-refractivity contribution in [3.63, 3.8) is 0 Å². The van der Waals surface area contributed by atoms with E-state index in [1.165, 1.54) is 12.1 Å². The van der Waals surface area contributed by atoms with E-state index in [2.05, 4.69) is 22.5 Å². The summed E-state index contributed by atoms with van der Waals surface area (Å²) in [6.45, 7) is 0.504. The van der Waals surface area contributed by atoms with Crippen molar-refractivity contribution in [3.8, 4) is 11.8 Å². The van der Waals surface area contributed by atoms with Crippen LogP contribution in [-0.4, -0.2) is 29.4 Å². The second-order valence-electron chi connectivity index (χ2n) is 6.93. The van der Waals surface area contributed by atoms with E-state index in [1.807, 2.05) is 6.07 Å². The molecule has 1 aliphatic carbocycles. The molecule has 0 unspecified atom stereocenters. The molecule has 6 nitrogen and oxygen atoms in total. The van der Waals surface area contributed by atoms with Crippen LogP contribution in [0.25, 0.3) is 0 Å². The molecular formula is C23H22N2O4. The Kier molecular flexibility index (Phi) is 6.64. The summed E-state index contributed by atoms with van der Waals surface area (Å²) in [5.41, 5.74) is 2.14. The highest BCUT2D eigenvalue weighted by Crippen LogP contribution is 2.28. The molecule has 6 heteroatoms. The molecule has 0 spiro atoms. The van der Waals surface area contributed by atoms with Crippen LogP contribution in [-0.2, 0) is 9.59 Å². The van der Waals surface area contributed by atoms with E-state index >= 15 is 0 Å². The second-order valence-corrected chi connectivity index (χ2v) is 6.93. The summed E-state index contributed by atoms with van der Waals surface area (Å²) < 4.78 is 0. The third-order valence-corrected chi connectivity index (χ3v) is 4.44. The molecule has 3 rings (SSSR count). The Labute approximate surface area is 169 Å². The molecule has 0 saturated heterocycles. The molecule has 0 aromatic heterocycles. The lowest BCUT2D eigenvalue weighted by molar-refractivity contribution is -0.122. The van der Waals surface area contributed by atoms with Crippen molar-refractivity contribution >= 4 is 23.5 Å². The van der Waals surface area contributed by atoms with E-state index in [4.69, 9.17) is 5.11 Å². The molecule has 2 amide bonds. The van der Waals surface area contributed by atoms with Crippen molar-refractivity contribution in [1.29, 1.82) is 0 Å². The molecule has 1 saturated carbocycles. The van der Waals surface area contributed by atoms with Crippen molar-refractivity contribution in [2.45, 2.75) is 25.7 Å². The molecule has 2 aromatic rings. The zero-order valence-corrected chi connectivity index (χ0v) is 15.9. The average molecular weight is 390 g/mol. The smallest absolute Gasteiger partial charge is 0.335 e. The van der Waals surface area contributed by atoms with Gasteiger partial charge >= 0.3 is 5.97 Å². The van der Waals surface area contributed by atoms with Crippen LogP contribution in [0.1, 0.15) is 47.2 Å². The summed E-state index contributed by atoms with van der Waals surface area (Å²) in [7, 11) is 0. The summed E-state index contributed by atoms with van der Waals surface area (Å²) in [6.07, 6.45) is 2.85. The van der Waals surface area contributed by atoms with E-state index in [0.717, 1.165) is 12.8 Å². The molecule has 0 atom stereocenters. The standard InChI is InChI=1S/C23H22N2O4/c26-21(8-3-13-24-22(27)18-11-12-18)25-20-7-2-5-17(15-20)10-9-16-4-1-6-19(14-16)23(28)29/h1-2,4-7,14-15,18H,3,8,11-13H2,(H,24,27)(H,25,26)(H,28,29). The molecule has 148 valence electrons. The van der Waals surface area contributed by atoms with Crippen molar-refractivity contribution < 1.29 is 19.5 Å². The van der Waals surface area contributed by atoms with Gasteiger partial charge in [-0.2, -0.15) is 0 Å². The van der Waals surface area contributed by atoms with Gasteiger partial charge < -0.3 is 15.7 Å². The number of carboxylic acids is 1. The first-order valence-electron chi connectivity index (χ1n) is 9.54. The van der Waals surface area contributed by atoms with Crippen LogP contribution in [0.5, 0.6) is 0 Å². The lowest BCUT2D eigenvalue weighted by Crippen LogP contribution is -2.26. The monoisotopic (exact) mass is 390 g/mol. The minimum atomic E-state index is -0.995. The number of rotatable bonds is 7. The fourth-order valence-corrected chi connectivity index (χ4v) is 2.72. The Balaban J connectivity index is 1.51. The van der Waals surface area contributed by atoms with E-state index in [1.54, 1.807) is 30.3 Å². The van der Waals surface area contributed by atoms with Crippen LogP contribution >= 0.6 is 0 Å². The van der Waals surface area contributed by atoms with Crippen LogP contribution in [0.4, 0.5) is 5.69 Å². The minimum absolute atomic E-state index is 0.0885. The maximum absolute atomic E-state index is 12.1. The van der Waals surface area contributed by atoms with Crippen LogP contribution in [0.2, 0.25) is 0 Å². The first-order chi connectivity index (χ1) is 14.0. The zero-order valence-electron chi connectivity index (χ0n) is 15.9. The van der Waals surface area contributed by atoms with Gasteiger partial charge in [0.2, 0.25) is 11.8 Å². The number of nitrogens with one attached hydrogen (secondary N) is 2. The van der Waals surface area contributed by atoms with Gasteiger partial charge in [0.25, 0.3) is 0 Å². The molecule has 1 fully saturated rings. The second kappa shape index (κ2) is 9.56. The zero-order chi connectivity index (χ0) is 20.6. The fraction of sp³-hybridized carbons (Fsp3) is 0.261. The summed E-state index contributed by atoms with van der Waals surface area (Å²) in [5.74, 6) is 5.07. The molecule has 0 heterocycles. The predicted molar refractivity (Wildman–Crippen MR) is 109 cm³/mol. The van der Waals surface area contributed by atoms with E-state index in [9.17, 15) is 14.4 Å². The lowest BCUT2D eigenvalue weighted by Gasteiger charge is -2.06. The number of benzene rings is 2. The van der Waals surface area contributed by atoms with Crippen LogP contribution in [0, 0.1) is 17.8 Å². The van der Waals surface area contributed by atoms with Crippen molar-refractivity contribution in [1.82, 2.24) is 5.32 Å². The van der Waals surface area contributed by atoms with Gasteiger partial charge in [-0.3, -0.25) is 9.59 Å². The number of amides is 2. The van der Waals surface area contributed by atoms with Gasteiger partial charge in [-0.15, -0.1) is 0 Å². The Bertz CT molecular complexity index is 984. The van der Waals surface area contributed by atoms with Gasteiger partial charge in [0.15, 0.2) is 0 Å². The molecule has 3 N–H and O–H groups in total. The molecule has 2 aromatic carbocycles. The fourth-order valence-electron chi connectivity index (χ4n) is 2.72. The van der Waals surface area contributed by atoms with E-state index < -0.39 is 5.97 Å². The molecule has 0 aliphatic heterocycles. The molecule has 0 radical (unpaired) electrons. The minimum Gasteiger partial charge on any atom is -0.478 e. The SMILES string of the molecule is O=C(CCCNC(=O)C1CC1)Nc1cccc(C#Cc2cccc(C(=O)O)c2)c1. The molecular weight excluding hydrogens is 368 g/mol. The Morgan fingerprint density at radius 3 is 2.38 bits per heavy atom. The normalized spacial score (nSPS) is 12.4. The van der Waals surface area contributed by atoms with E-state index in [0.29, 0.717) is 36.2 Å². The summed E-state index contributed by atoms with van der Waals surface area (Å²) in [6, 6.07) is 13.6. The summed E-state index contributed by atoms with van der Waals surface area (Å²) in [5, 5.41) is 14.7. The maximum Gasteiger partial charge on any atom is 0.335 e. The highest BCUT2D eigenvalue weighted by atomic mass is 16.4.